The summed E-state index contributed by atoms with van der Waals surface area (Å²) in [7, 11) is 0. The first-order valence-electron chi connectivity index (χ1n) is 14.0. The molecule has 0 aliphatic carbocycles. The Morgan fingerprint density at radius 2 is 0.872 bits per heavy atom. The zero-order valence-electron chi connectivity index (χ0n) is 22.9. The van der Waals surface area contributed by atoms with Crippen molar-refractivity contribution in [3.63, 3.8) is 0 Å². The van der Waals surface area contributed by atoms with Crippen molar-refractivity contribution in [3.05, 3.63) is 138 Å². The summed E-state index contributed by atoms with van der Waals surface area (Å²) in [6, 6.07) is 43.0. The normalized spacial score (nSPS) is 17.0. The molecule has 0 N–H and O–H groups in total. The van der Waals surface area contributed by atoms with Gasteiger partial charge in [0.25, 0.3) is 0 Å². The van der Waals surface area contributed by atoms with E-state index in [1.807, 2.05) is 0 Å². The fourth-order valence-corrected chi connectivity index (χ4v) is 7.59. The minimum Gasteiger partial charge on any atom is -0.376 e. The van der Waals surface area contributed by atoms with Crippen molar-refractivity contribution in [2.75, 3.05) is 9.71 Å². The van der Waals surface area contributed by atoms with E-state index in [4.69, 9.17) is 0 Å². The molecule has 0 unspecified atom stereocenters. The second-order valence-corrected chi connectivity index (χ2v) is 12.2. The Labute approximate surface area is 231 Å². The highest BCUT2D eigenvalue weighted by molar-refractivity contribution is 6.92. The third-order valence-corrected chi connectivity index (χ3v) is 9.48. The Morgan fingerprint density at radius 1 is 0.436 bits per heavy atom. The smallest absolute Gasteiger partial charge is 0.332 e. The second kappa shape index (κ2) is 7.67. The van der Waals surface area contributed by atoms with Gasteiger partial charge in [-0.25, -0.2) is 0 Å². The summed E-state index contributed by atoms with van der Waals surface area (Å²) in [5, 5.41) is 0. The van der Waals surface area contributed by atoms with E-state index in [1.165, 1.54) is 61.6 Å². The Bertz CT molecular complexity index is 1750. The number of para-hydroxylation sites is 5. The largest absolute Gasteiger partial charge is 0.376 e. The quantitative estimate of drug-likeness (QED) is 0.217. The molecule has 188 valence electrons. The van der Waals surface area contributed by atoms with Crippen molar-refractivity contribution < 1.29 is 0 Å². The first-order valence-corrected chi connectivity index (χ1v) is 14.0. The van der Waals surface area contributed by atoms with Gasteiger partial charge in [0.15, 0.2) is 0 Å². The fraction of sp³-hybridized carbons (Fsp3) is 0.167. The van der Waals surface area contributed by atoms with Crippen molar-refractivity contribution in [2.45, 2.75) is 38.5 Å². The van der Waals surface area contributed by atoms with Gasteiger partial charge in [-0.05, 0) is 57.4 Å². The summed E-state index contributed by atoms with van der Waals surface area (Å²) in [6.07, 6.45) is 0. The van der Waals surface area contributed by atoms with Gasteiger partial charge >= 0.3 is 6.85 Å². The lowest BCUT2D eigenvalue weighted by Gasteiger charge is -2.50. The molecule has 2 nitrogen and oxygen atoms in total. The molecule has 0 spiro atoms. The Kier molecular flexibility index (Phi) is 4.47. The molecule has 0 radical (unpaired) electrons. The van der Waals surface area contributed by atoms with E-state index >= 15 is 0 Å². The van der Waals surface area contributed by atoms with Gasteiger partial charge in [0.2, 0.25) is 0 Å². The van der Waals surface area contributed by atoms with Gasteiger partial charge in [-0.1, -0.05) is 119 Å². The van der Waals surface area contributed by atoms with E-state index in [9.17, 15) is 0 Å². The van der Waals surface area contributed by atoms with E-state index in [1.54, 1.807) is 0 Å². The molecule has 0 aromatic heterocycles. The van der Waals surface area contributed by atoms with Crippen LogP contribution in [0.3, 0.4) is 0 Å². The van der Waals surface area contributed by atoms with Crippen molar-refractivity contribution in [1.29, 1.82) is 0 Å². The van der Waals surface area contributed by atoms with E-state index in [2.05, 4.69) is 153 Å². The molecule has 3 aliphatic heterocycles. The van der Waals surface area contributed by atoms with E-state index in [0.717, 1.165) is 0 Å². The van der Waals surface area contributed by atoms with E-state index < -0.39 is 0 Å². The Hall–Kier alpha value is -4.24. The highest BCUT2D eigenvalue weighted by Gasteiger charge is 2.48. The van der Waals surface area contributed by atoms with Gasteiger partial charge in [-0.2, -0.15) is 0 Å². The SMILES string of the molecule is CC1(C)c2ccccc2N(B2c3ccccc3N3c4ccccc4C(C)(C)c4cccc2c43)c2ccccc21. The molecule has 0 amide bonds. The predicted octanol–water partition coefficient (Wildman–Crippen LogP) is 7.69. The van der Waals surface area contributed by atoms with Crippen LogP contribution in [-0.2, 0) is 10.8 Å². The molecule has 5 aromatic rings. The number of rotatable bonds is 1. The summed E-state index contributed by atoms with van der Waals surface area (Å²) in [5.41, 5.74) is 14.5. The summed E-state index contributed by atoms with van der Waals surface area (Å²) >= 11 is 0. The minimum absolute atomic E-state index is 0.0480. The monoisotopic (exact) mass is 502 g/mol. The van der Waals surface area contributed by atoms with Gasteiger partial charge in [-0.3, -0.25) is 0 Å². The standard InChI is InChI=1S/C36H31BN2/c1-35(2)25-15-6-10-21-31(25)39(32-22-11-7-16-26(32)35)37-28-18-8-12-23-33(28)38-30-20-9-5-14-24(30)36(3,4)27-17-13-19-29(37)34(27)38/h5-23H,1-4H3. The third-order valence-electron chi connectivity index (χ3n) is 9.48. The molecule has 0 saturated carbocycles. The maximum atomic E-state index is 2.62. The lowest BCUT2D eigenvalue weighted by molar-refractivity contribution is 0.632. The molecular formula is C36H31BN2. The average Bonchev–Trinajstić information content (AvgIpc) is 2.96. The summed E-state index contributed by atoms with van der Waals surface area (Å²) in [6.45, 7) is 9.53. The third kappa shape index (κ3) is 2.83. The molecule has 8 rings (SSSR count). The van der Waals surface area contributed by atoms with Crippen molar-refractivity contribution >= 4 is 46.2 Å². The van der Waals surface area contributed by atoms with Gasteiger partial charge in [0, 0.05) is 33.6 Å². The summed E-state index contributed by atoms with van der Waals surface area (Å²) < 4.78 is 0. The predicted molar refractivity (Wildman–Crippen MR) is 165 cm³/mol. The van der Waals surface area contributed by atoms with Crippen LogP contribution in [0.15, 0.2) is 115 Å². The first kappa shape index (κ1) is 22.7. The van der Waals surface area contributed by atoms with Crippen LogP contribution < -0.4 is 20.6 Å². The molecular weight excluding hydrogens is 471 g/mol. The minimum atomic E-state index is -0.102. The van der Waals surface area contributed by atoms with Crippen LogP contribution in [0, 0.1) is 0 Å². The molecule has 39 heavy (non-hydrogen) atoms. The summed E-state index contributed by atoms with van der Waals surface area (Å²) in [5.74, 6) is 0. The lowest BCUT2D eigenvalue weighted by atomic mass is 9.44. The van der Waals surface area contributed by atoms with Gasteiger partial charge < -0.3 is 9.71 Å². The van der Waals surface area contributed by atoms with Crippen molar-refractivity contribution in [3.8, 4) is 0 Å². The van der Waals surface area contributed by atoms with Crippen LogP contribution in [-0.4, -0.2) is 6.85 Å². The first-order chi connectivity index (χ1) is 18.9. The van der Waals surface area contributed by atoms with Crippen LogP contribution >= 0.6 is 0 Å². The zero-order valence-corrected chi connectivity index (χ0v) is 22.9. The van der Waals surface area contributed by atoms with E-state index in [0.29, 0.717) is 0 Å². The molecule has 0 bridgehead atoms. The molecule has 3 heterocycles. The topological polar surface area (TPSA) is 6.48 Å². The van der Waals surface area contributed by atoms with Crippen LogP contribution in [0.25, 0.3) is 0 Å². The van der Waals surface area contributed by atoms with Gasteiger partial charge in [-0.15, -0.1) is 0 Å². The number of hydrogen-bond acceptors (Lipinski definition) is 2. The van der Waals surface area contributed by atoms with Crippen LogP contribution in [0.4, 0.5) is 28.4 Å². The number of anilines is 5. The molecule has 3 heteroatoms. The number of nitrogens with zero attached hydrogens (tertiary/aromatic N) is 2. The molecule has 3 aliphatic rings. The number of benzene rings is 5. The molecule has 0 atom stereocenters. The second-order valence-electron chi connectivity index (χ2n) is 12.2. The number of fused-ring (bicyclic) bond motifs is 6. The van der Waals surface area contributed by atoms with E-state index in [-0.39, 0.29) is 17.7 Å². The Balaban J connectivity index is 1.48. The highest BCUT2D eigenvalue weighted by Crippen LogP contribution is 2.54. The molecule has 0 fully saturated rings. The van der Waals surface area contributed by atoms with Crippen LogP contribution in [0.2, 0.25) is 0 Å². The van der Waals surface area contributed by atoms with Gasteiger partial charge in [0.05, 0.1) is 5.69 Å². The maximum Gasteiger partial charge on any atom is 0.332 e. The van der Waals surface area contributed by atoms with Crippen LogP contribution in [0.5, 0.6) is 0 Å². The number of hydrogen-bond donors (Lipinski definition) is 0. The van der Waals surface area contributed by atoms with Crippen molar-refractivity contribution in [2.24, 2.45) is 0 Å². The Morgan fingerprint density at radius 3 is 1.51 bits per heavy atom. The summed E-state index contributed by atoms with van der Waals surface area (Å²) in [4.78, 5) is 5.15. The average molecular weight is 502 g/mol. The molecule has 0 saturated heterocycles. The highest BCUT2D eigenvalue weighted by atomic mass is 15.2. The lowest BCUT2D eigenvalue weighted by Crippen LogP contribution is -2.61. The van der Waals surface area contributed by atoms with Crippen molar-refractivity contribution in [1.82, 2.24) is 0 Å². The molecule has 5 aromatic carbocycles. The van der Waals surface area contributed by atoms with Crippen LogP contribution in [0.1, 0.15) is 49.9 Å². The van der Waals surface area contributed by atoms with Gasteiger partial charge in [0.1, 0.15) is 0 Å². The maximum absolute atomic E-state index is 2.62. The fourth-order valence-electron chi connectivity index (χ4n) is 7.59. The zero-order chi connectivity index (χ0) is 26.5.